The molecule has 0 amide bonds. The molecule has 0 saturated heterocycles. The third-order valence-corrected chi connectivity index (χ3v) is 9.80. The number of rotatable bonds is 14. The molecular formula is C33H39FN2O9S2. The summed E-state index contributed by atoms with van der Waals surface area (Å²) in [5, 5.41) is 0.258. The summed E-state index contributed by atoms with van der Waals surface area (Å²) in [5.41, 5.74) is -1.54. The van der Waals surface area contributed by atoms with Crippen molar-refractivity contribution in [2.45, 2.75) is 71.9 Å². The number of nitrogens with zero attached hydrogens (tertiary/aromatic N) is 2. The molecule has 0 saturated carbocycles. The molecule has 0 aliphatic heterocycles. The normalized spacial score (nSPS) is 13.4. The number of hydrogen-bond donors (Lipinski definition) is 0. The van der Waals surface area contributed by atoms with Crippen molar-refractivity contribution < 1.29 is 36.0 Å². The fraction of sp³-hybridized carbons (Fsp3) is 0.424. The van der Waals surface area contributed by atoms with Gasteiger partial charge in [-0.15, -0.1) is 11.3 Å². The minimum absolute atomic E-state index is 0.0607. The van der Waals surface area contributed by atoms with Gasteiger partial charge in [-0.05, 0) is 63.4 Å². The van der Waals surface area contributed by atoms with E-state index < -0.39 is 50.9 Å². The number of carbonyl (C=O) groups is 1. The van der Waals surface area contributed by atoms with Crippen LogP contribution in [0.15, 0.2) is 58.1 Å². The Morgan fingerprint density at radius 3 is 2.40 bits per heavy atom. The van der Waals surface area contributed by atoms with Crippen LogP contribution in [0.1, 0.15) is 55.4 Å². The van der Waals surface area contributed by atoms with E-state index in [-0.39, 0.29) is 36.5 Å². The van der Waals surface area contributed by atoms with Crippen LogP contribution in [0.5, 0.6) is 5.75 Å². The summed E-state index contributed by atoms with van der Waals surface area (Å²) in [4.78, 5) is 43.2. The Morgan fingerprint density at radius 2 is 1.79 bits per heavy atom. The number of aryl methyl sites for hydroxylation is 2. The molecule has 4 rings (SSSR count). The minimum atomic E-state index is -3.81. The molecule has 4 aromatic rings. The highest BCUT2D eigenvalue weighted by molar-refractivity contribution is 7.86. The molecule has 2 aromatic heterocycles. The van der Waals surface area contributed by atoms with E-state index in [1.165, 1.54) is 62.0 Å². The molecular weight excluding hydrogens is 652 g/mol. The average molecular weight is 691 g/mol. The lowest BCUT2D eigenvalue weighted by molar-refractivity contribution is -0.154. The molecule has 2 aromatic carbocycles. The average Bonchev–Trinajstić information content (AvgIpc) is 3.35. The Balaban J connectivity index is 1.88. The number of fused-ring (bicyclic) bond motifs is 1. The van der Waals surface area contributed by atoms with Crippen molar-refractivity contribution in [1.82, 2.24) is 9.13 Å². The van der Waals surface area contributed by atoms with Crippen molar-refractivity contribution in [3.05, 3.63) is 96.8 Å². The van der Waals surface area contributed by atoms with Crippen LogP contribution in [-0.4, -0.2) is 49.6 Å². The third-order valence-electron chi connectivity index (χ3n) is 7.66. The SMILES string of the molecule is CCc1sc2c(c1C)c(=O)n(C(C)(C)C(=O)OCc1ccccc1)c(=O)n2C[C@H](OCC(C)OS(C)(=O)=O)c1cc(F)ccc1OC. The van der Waals surface area contributed by atoms with Crippen molar-refractivity contribution in [2.24, 2.45) is 0 Å². The lowest BCUT2D eigenvalue weighted by Gasteiger charge is -2.27. The zero-order chi connectivity index (χ0) is 34.7. The number of hydrogen-bond acceptors (Lipinski definition) is 10. The van der Waals surface area contributed by atoms with E-state index >= 15 is 0 Å². The van der Waals surface area contributed by atoms with Gasteiger partial charge in [0.15, 0.2) is 0 Å². The van der Waals surface area contributed by atoms with Gasteiger partial charge in [-0.3, -0.25) is 13.5 Å². The van der Waals surface area contributed by atoms with Crippen LogP contribution in [0.2, 0.25) is 0 Å². The first-order valence-corrected chi connectivity index (χ1v) is 17.5. The monoisotopic (exact) mass is 690 g/mol. The Bertz CT molecular complexity index is 1980. The van der Waals surface area contributed by atoms with E-state index in [1.54, 1.807) is 31.2 Å². The number of esters is 1. The highest BCUT2D eigenvalue weighted by Gasteiger charge is 2.37. The van der Waals surface area contributed by atoms with Crippen molar-refractivity contribution in [2.75, 3.05) is 20.0 Å². The van der Waals surface area contributed by atoms with Crippen LogP contribution in [0.4, 0.5) is 4.39 Å². The van der Waals surface area contributed by atoms with E-state index in [4.69, 9.17) is 18.4 Å². The lowest BCUT2D eigenvalue weighted by Crippen LogP contribution is -2.53. The molecule has 1 unspecified atom stereocenters. The summed E-state index contributed by atoms with van der Waals surface area (Å²) in [7, 11) is -2.42. The van der Waals surface area contributed by atoms with Crippen LogP contribution >= 0.6 is 11.3 Å². The Labute approximate surface area is 276 Å². The Morgan fingerprint density at radius 1 is 1.11 bits per heavy atom. The van der Waals surface area contributed by atoms with Gasteiger partial charge in [0.05, 0.1) is 38.0 Å². The summed E-state index contributed by atoms with van der Waals surface area (Å²) in [6.07, 6.45) is -0.516. The summed E-state index contributed by atoms with van der Waals surface area (Å²) in [5.74, 6) is -1.13. The van der Waals surface area contributed by atoms with Gasteiger partial charge in [0, 0.05) is 10.4 Å². The van der Waals surface area contributed by atoms with Crippen LogP contribution in [0, 0.1) is 12.7 Å². The number of carbonyl (C=O) groups excluding carboxylic acids is 1. The topological polar surface area (TPSA) is 132 Å². The number of aromatic nitrogens is 2. The number of methoxy groups -OCH3 is 1. The first kappa shape index (κ1) is 36.0. The minimum Gasteiger partial charge on any atom is -0.496 e. The van der Waals surface area contributed by atoms with Gasteiger partial charge in [0.1, 0.15) is 34.6 Å². The largest absolute Gasteiger partial charge is 0.496 e. The van der Waals surface area contributed by atoms with E-state index in [1.807, 2.05) is 13.0 Å². The van der Waals surface area contributed by atoms with Crippen LogP contribution in [-0.2, 0) is 53.7 Å². The lowest BCUT2D eigenvalue weighted by atomic mass is 10.0. The summed E-state index contributed by atoms with van der Waals surface area (Å²) >= 11 is 1.27. The van der Waals surface area contributed by atoms with Crippen molar-refractivity contribution in [3.63, 3.8) is 0 Å². The predicted octanol–water partition coefficient (Wildman–Crippen LogP) is 4.84. The van der Waals surface area contributed by atoms with Gasteiger partial charge in [-0.2, -0.15) is 8.42 Å². The molecule has 2 heterocycles. The summed E-state index contributed by atoms with van der Waals surface area (Å²) in [6, 6.07) is 12.8. The van der Waals surface area contributed by atoms with Crippen molar-refractivity contribution in [1.29, 1.82) is 0 Å². The van der Waals surface area contributed by atoms with Crippen LogP contribution in [0.3, 0.4) is 0 Å². The highest BCUT2D eigenvalue weighted by Crippen LogP contribution is 2.34. The van der Waals surface area contributed by atoms with Crippen LogP contribution < -0.4 is 16.0 Å². The molecule has 14 heteroatoms. The zero-order valence-electron chi connectivity index (χ0n) is 27.4. The smallest absolute Gasteiger partial charge is 0.333 e. The molecule has 0 radical (unpaired) electrons. The van der Waals surface area contributed by atoms with Gasteiger partial charge < -0.3 is 14.2 Å². The second kappa shape index (κ2) is 14.5. The second-order valence-electron chi connectivity index (χ2n) is 11.7. The van der Waals surface area contributed by atoms with E-state index in [2.05, 4.69) is 0 Å². The molecule has 11 nitrogen and oxygen atoms in total. The standard InChI is InChI=1S/C33H39FN2O9S2/c1-8-27-21(3)28-29(37)36(33(4,5)31(38)44-19-22-12-10-9-11-13-22)32(39)35(30(28)46-27)17-26(43-18-20(2)45-47(7,40)41)24-16-23(34)14-15-25(24)42-6/h9-16,20,26H,8,17-19H2,1-7H3/t20?,26-/m0/s1. The van der Waals surface area contributed by atoms with E-state index in [0.717, 1.165) is 21.3 Å². The molecule has 2 atom stereocenters. The summed E-state index contributed by atoms with van der Waals surface area (Å²) in [6.45, 7) is 7.52. The highest BCUT2D eigenvalue weighted by atomic mass is 32.2. The van der Waals surface area contributed by atoms with Crippen LogP contribution in [0.25, 0.3) is 10.2 Å². The number of benzene rings is 2. The maximum absolute atomic E-state index is 14.6. The Hall–Kier alpha value is -3.85. The predicted molar refractivity (Wildman–Crippen MR) is 177 cm³/mol. The van der Waals surface area contributed by atoms with Gasteiger partial charge in [0.2, 0.25) is 0 Å². The van der Waals surface area contributed by atoms with Gasteiger partial charge >= 0.3 is 11.7 Å². The fourth-order valence-corrected chi connectivity index (χ4v) is 7.21. The molecule has 0 fully saturated rings. The second-order valence-corrected chi connectivity index (χ2v) is 14.3. The van der Waals surface area contributed by atoms with Gasteiger partial charge in [-0.25, -0.2) is 18.5 Å². The molecule has 0 aliphatic carbocycles. The summed E-state index contributed by atoms with van der Waals surface area (Å²) < 4.78 is 62.5. The molecule has 0 spiro atoms. The first-order valence-electron chi connectivity index (χ1n) is 14.9. The molecule has 0 N–H and O–H groups in total. The van der Waals surface area contributed by atoms with Gasteiger partial charge in [0.25, 0.3) is 15.7 Å². The molecule has 254 valence electrons. The first-order chi connectivity index (χ1) is 22.1. The maximum atomic E-state index is 14.6. The number of ether oxygens (including phenoxy) is 3. The Kier molecular flexibility index (Phi) is 11.1. The van der Waals surface area contributed by atoms with Crippen molar-refractivity contribution >= 4 is 37.6 Å². The molecule has 0 aliphatic rings. The third kappa shape index (κ3) is 8.00. The zero-order valence-corrected chi connectivity index (χ0v) is 29.0. The van der Waals surface area contributed by atoms with E-state index in [0.29, 0.717) is 16.8 Å². The number of thiophene rings is 1. The van der Waals surface area contributed by atoms with E-state index in [9.17, 15) is 27.2 Å². The molecule has 47 heavy (non-hydrogen) atoms. The fourth-order valence-electron chi connectivity index (χ4n) is 5.32. The quantitative estimate of drug-likeness (QED) is 0.135. The van der Waals surface area contributed by atoms with Gasteiger partial charge in [-0.1, -0.05) is 37.3 Å². The van der Waals surface area contributed by atoms with Crippen molar-refractivity contribution in [3.8, 4) is 5.75 Å². The maximum Gasteiger partial charge on any atom is 0.333 e. The molecule has 0 bridgehead atoms. The number of halogens is 1.